The van der Waals surface area contributed by atoms with Gasteiger partial charge in [-0.2, -0.15) is 0 Å². The highest BCUT2D eigenvalue weighted by atomic mass is 16.6. The topological polar surface area (TPSA) is 76.4 Å². The van der Waals surface area contributed by atoms with Crippen LogP contribution in [0.3, 0.4) is 0 Å². The van der Waals surface area contributed by atoms with Crippen LogP contribution >= 0.6 is 0 Å². The number of amides is 1. The zero-order valence-corrected chi connectivity index (χ0v) is 12.4. The summed E-state index contributed by atoms with van der Waals surface area (Å²) >= 11 is 0. The van der Waals surface area contributed by atoms with Gasteiger partial charge in [0.15, 0.2) is 0 Å². The van der Waals surface area contributed by atoms with Crippen LogP contribution in [0.4, 0.5) is 4.79 Å². The Bertz CT molecular complexity index is 315. The maximum atomic E-state index is 11.7. The third-order valence-electron chi connectivity index (χ3n) is 3.06. The average Bonchev–Trinajstić information content (AvgIpc) is 2.75. The van der Waals surface area contributed by atoms with Gasteiger partial charge in [0.25, 0.3) is 0 Å². The van der Waals surface area contributed by atoms with E-state index in [0.717, 1.165) is 12.8 Å². The van der Waals surface area contributed by atoms with E-state index in [4.69, 9.17) is 10.5 Å². The molecule has 0 spiro atoms. The fourth-order valence-corrected chi connectivity index (χ4v) is 2.07. The van der Waals surface area contributed by atoms with Gasteiger partial charge in [-0.15, -0.1) is 0 Å². The number of carbonyl (C=O) groups is 1. The van der Waals surface area contributed by atoms with Crippen LogP contribution in [0, 0.1) is 0 Å². The number of alkyl carbamates (subject to hydrolysis) is 1. The van der Waals surface area contributed by atoms with E-state index < -0.39 is 11.7 Å². The molecule has 19 heavy (non-hydrogen) atoms. The van der Waals surface area contributed by atoms with Crippen LogP contribution in [0.1, 0.15) is 40.5 Å². The van der Waals surface area contributed by atoms with Gasteiger partial charge >= 0.3 is 6.09 Å². The van der Waals surface area contributed by atoms with Crippen LogP contribution < -0.4 is 16.4 Å². The van der Waals surface area contributed by atoms with Gasteiger partial charge < -0.3 is 21.1 Å². The van der Waals surface area contributed by atoms with Gasteiger partial charge in [-0.05, 0) is 40.5 Å². The average molecular weight is 269 g/mol. The fraction of sp³-hybridized carbons (Fsp3) is 0.786. The Balaban J connectivity index is 2.40. The number of hydrogen-bond donors (Lipinski definition) is 3. The lowest BCUT2D eigenvalue weighted by atomic mass is 10.1. The number of rotatable bonds is 5. The SMILES string of the molecule is CC(NC(=O)OC(C)(C)C)C(CN)NC1CC=CC1. The van der Waals surface area contributed by atoms with E-state index in [9.17, 15) is 4.79 Å². The maximum Gasteiger partial charge on any atom is 0.407 e. The molecule has 0 saturated heterocycles. The zero-order valence-electron chi connectivity index (χ0n) is 12.4. The van der Waals surface area contributed by atoms with E-state index in [1.807, 2.05) is 27.7 Å². The Kier molecular flexibility index (Phi) is 5.82. The number of hydrogen-bond acceptors (Lipinski definition) is 4. The molecule has 5 heteroatoms. The predicted octanol–water partition coefficient (Wildman–Crippen LogP) is 1.54. The molecule has 0 aromatic rings. The van der Waals surface area contributed by atoms with Crippen molar-refractivity contribution in [1.82, 2.24) is 10.6 Å². The Morgan fingerprint density at radius 2 is 2.00 bits per heavy atom. The minimum atomic E-state index is -0.481. The van der Waals surface area contributed by atoms with Gasteiger partial charge in [-0.1, -0.05) is 12.2 Å². The van der Waals surface area contributed by atoms with Crippen LogP contribution in [-0.4, -0.2) is 36.4 Å². The van der Waals surface area contributed by atoms with Crippen molar-refractivity contribution in [2.24, 2.45) is 5.73 Å². The van der Waals surface area contributed by atoms with Crippen molar-refractivity contribution in [2.75, 3.05) is 6.54 Å². The van der Waals surface area contributed by atoms with Crippen LogP contribution in [0.25, 0.3) is 0 Å². The van der Waals surface area contributed by atoms with E-state index in [1.165, 1.54) is 0 Å². The third kappa shape index (κ3) is 6.07. The summed E-state index contributed by atoms with van der Waals surface area (Å²) in [5.41, 5.74) is 5.30. The maximum absolute atomic E-state index is 11.7. The molecule has 0 heterocycles. The molecule has 5 nitrogen and oxygen atoms in total. The van der Waals surface area contributed by atoms with E-state index in [-0.39, 0.29) is 12.1 Å². The molecule has 0 aliphatic heterocycles. The Morgan fingerprint density at radius 3 is 2.47 bits per heavy atom. The quantitative estimate of drug-likeness (QED) is 0.662. The van der Waals surface area contributed by atoms with Crippen molar-refractivity contribution < 1.29 is 9.53 Å². The van der Waals surface area contributed by atoms with Crippen molar-refractivity contribution in [3.8, 4) is 0 Å². The fourth-order valence-electron chi connectivity index (χ4n) is 2.07. The molecule has 0 fully saturated rings. The number of nitrogens with one attached hydrogen (secondary N) is 2. The van der Waals surface area contributed by atoms with Crippen molar-refractivity contribution in [1.29, 1.82) is 0 Å². The molecule has 0 aromatic heterocycles. The lowest BCUT2D eigenvalue weighted by Crippen LogP contribution is -2.55. The summed E-state index contributed by atoms with van der Waals surface area (Å²) in [4.78, 5) is 11.7. The standard InChI is InChI=1S/C14H27N3O2/c1-10(16-13(18)19-14(2,3)4)12(9-15)17-11-7-5-6-8-11/h5-6,10-12,17H,7-9,15H2,1-4H3,(H,16,18). The van der Waals surface area contributed by atoms with Crippen LogP contribution in [0.2, 0.25) is 0 Å². The van der Waals surface area contributed by atoms with Crippen molar-refractivity contribution >= 4 is 6.09 Å². The Hall–Kier alpha value is -1.07. The monoisotopic (exact) mass is 269 g/mol. The largest absolute Gasteiger partial charge is 0.444 e. The summed E-state index contributed by atoms with van der Waals surface area (Å²) < 4.78 is 5.24. The predicted molar refractivity (Wildman–Crippen MR) is 77.0 cm³/mol. The number of carbonyl (C=O) groups excluding carboxylic acids is 1. The molecule has 1 aliphatic carbocycles. The molecule has 1 amide bonds. The molecule has 0 radical (unpaired) electrons. The molecular formula is C14H27N3O2. The van der Waals surface area contributed by atoms with Crippen molar-refractivity contribution in [3.63, 3.8) is 0 Å². The van der Waals surface area contributed by atoms with E-state index in [0.29, 0.717) is 12.6 Å². The van der Waals surface area contributed by atoms with Crippen LogP contribution in [0.15, 0.2) is 12.2 Å². The van der Waals surface area contributed by atoms with Gasteiger partial charge in [0.2, 0.25) is 0 Å². The molecule has 0 bridgehead atoms. The number of nitrogens with two attached hydrogens (primary N) is 1. The minimum Gasteiger partial charge on any atom is -0.444 e. The van der Waals surface area contributed by atoms with Crippen molar-refractivity contribution in [3.05, 3.63) is 12.2 Å². The lowest BCUT2D eigenvalue weighted by molar-refractivity contribution is 0.0497. The number of ether oxygens (including phenoxy) is 1. The Morgan fingerprint density at radius 1 is 1.42 bits per heavy atom. The van der Waals surface area contributed by atoms with Gasteiger partial charge in [0.05, 0.1) is 0 Å². The molecule has 1 aliphatic rings. The van der Waals surface area contributed by atoms with Crippen molar-refractivity contribution in [2.45, 2.75) is 64.3 Å². The zero-order chi connectivity index (χ0) is 14.5. The Labute approximate surface area is 116 Å². The summed E-state index contributed by atoms with van der Waals surface area (Å²) in [6.07, 6.45) is 5.98. The highest BCUT2D eigenvalue weighted by molar-refractivity contribution is 5.68. The summed E-state index contributed by atoms with van der Waals surface area (Å²) in [6, 6.07) is 0.411. The summed E-state index contributed by atoms with van der Waals surface area (Å²) in [6.45, 7) is 7.96. The third-order valence-corrected chi connectivity index (χ3v) is 3.06. The van der Waals surface area contributed by atoms with Crippen LogP contribution in [0.5, 0.6) is 0 Å². The first-order valence-corrected chi connectivity index (χ1v) is 6.92. The molecule has 2 unspecified atom stereocenters. The highest BCUT2D eigenvalue weighted by Crippen LogP contribution is 2.11. The van der Waals surface area contributed by atoms with Crippen LogP contribution in [-0.2, 0) is 4.74 Å². The van der Waals surface area contributed by atoms with Gasteiger partial charge in [0.1, 0.15) is 5.60 Å². The smallest absolute Gasteiger partial charge is 0.407 e. The molecule has 110 valence electrons. The lowest BCUT2D eigenvalue weighted by Gasteiger charge is -2.29. The first-order valence-electron chi connectivity index (χ1n) is 6.92. The van der Waals surface area contributed by atoms with Gasteiger partial charge in [0, 0.05) is 24.7 Å². The first-order chi connectivity index (χ1) is 8.81. The summed E-state index contributed by atoms with van der Waals surface area (Å²) in [5, 5.41) is 6.31. The molecule has 1 rings (SSSR count). The molecule has 4 N–H and O–H groups in total. The van der Waals surface area contributed by atoms with Gasteiger partial charge in [-0.3, -0.25) is 0 Å². The second-order valence-electron chi connectivity index (χ2n) is 6.08. The highest BCUT2D eigenvalue weighted by Gasteiger charge is 2.24. The van der Waals surface area contributed by atoms with E-state index in [1.54, 1.807) is 0 Å². The molecular weight excluding hydrogens is 242 g/mol. The molecule has 0 aromatic carbocycles. The summed E-state index contributed by atoms with van der Waals surface area (Å²) in [7, 11) is 0. The van der Waals surface area contributed by atoms with E-state index in [2.05, 4.69) is 22.8 Å². The summed E-state index contributed by atoms with van der Waals surface area (Å²) in [5.74, 6) is 0. The first kappa shape index (κ1) is 16.0. The van der Waals surface area contributed by atoms with Gasteiger partial charge in [-0.25, -0.2) is 4.79 Å². The minimum absolute atomic E-state index is 0.0532. The second kappa shape index (κ2) is 6.91. The van der Waals surface area contributed by atoms with E-state index >= 15 is 0 Å². The molecule has 0 saturated carbocycles. The second-order valence-corrected chi connectivity index (χ2v) is 6.08. The normalized spacial score (nSPS) is 19.2. The molecule has 2 atom stereocenters.